The molecule has 33 heavy (non-hydrogen) atoms. The third kappa shape index (κ3) is 5.89. The zero-order valence-corrected chi connectivity index (χ0v) is 19.5. The standard InChI is InChI=1S/C24H24N2O6S/c1-14-7-8-16(10-15(14)2)25-22(27)13-32-24(29)17-11-19(30-3)20(31-4)12-18(17)26-23(28)21-6-5-9-33-21/h5-12H,13H2,1-4H3,(H,25,27)(H,26,28). The molecule has 0 saturated heterocycles. The predicted octanol–water partition coefficient (Wildman–Crippen LogP) is 4.43. The average Bonchev–Trinajstić information content (AvgIpc) is 3.35. The van der Waals surface area contributed by atoms with Crippen molar-refractivity contribution in [2.45, 2.75) is 13.8 Å². The summed E-state index contributed by atoms with van der Waals surface area (Å²) >= 11 is 1.26. The highest BCUT2D eigenvalue weighted by Gasteiger charge is 2.21. The lowest BCUT2D eigenvalue weighted by atomic mass is 10.1. The van der Waals surface area contributed by atoms with Gasteiger partial charge in [0.2, 0.25) is 0 Å². The molecule has 3 rings (SSSR count). The molecule has 0 aliphatic rings. The minimum atomic E-state index is -0.798. The fraction of sp³-hybridized carbons (Fsp3) is 0.208. The van der Waals surface area contributed by atoms with E-state index in [1.165, 1.54) is 37.7 Å². The van der Waals surface area contributed by atoms with Gasteiger partial charge < -0.3 is 24.8 Å². The molecule has 0 radical (unpaired) electrons. The van der Waals surface area contributed by atoms with Gasteiger partial charge in [-0.3, -0.25) is 9.59 Å². The van der Waals surface area contributed by atoms with Gasteiger partial charge in [0, 0.05) is 17.8 Å². The molecule has 2 amide bonds. The van der Waals surface area contributed by atoms with Crippen LogP contribution in [0.1, 0.15) is 31.2 Å². The monoisotopic (exact) mass is 468 g/mol. The number of esters is 1. The Bertz CT molecular complexity index is 1170. The minimum absolute atomic E-state index is 0.0246. The van der Waals surface area contributed by atoms with E-state index in [4.69, 9.17) is 14.2 Å². The SMILES string of the molecule is COc1cc(NC(=O)c2cccs2)c(C(=O)OCC(=O)Nc2ccc(C)c(C)c2)cc1OC. The maximum atomic E-state index is 12.8. The lowest BCUT2D eigenvalue weighted by Crippen LogP contribution is -2.22. The Hall–Kier alpha value is -3.85. The van der Waals surface area contributed by atoms with Gasteiger partial charge in [0.05, 0.1) is 30.3 Å². The molecule has 3 aromatic rings. The van der Waals surface area contributed by atoms with Crippen LogP contribution in [0, 0.1) is 13.8 Å². The number of aryl methyl sites for hydroxylation is 2. The fourth-order valence-electron chi connectivity index (χ4n) is 2.97. The molecule has 0 aliphatic heterocycles. The van der Waals surface area contributed by atoms with Crippen LogP contribution in [0.3, 0.4) is 0 Å². The number of rotatable bonds is 8. The molecule has 0 spiro atoms. The van der Waals surface area contributed by atoms with Crippen molar-refractivity contribution >= 4 is 40.5 Å². The number of carbonyl (C=O) groups is 3. The summed E-state index contributed by atoms with van der Waals surface area (Å²) in [5, 5.41) is 7.16. The van der Waals surface area contributed by atoms with E-state index in [0.717, 1.165) is 11.1 Å². The van der Waals surface area contributed by atoms with Gasteiger partial charge in [-0.2, -0.15) is 0 Å². The second-order valence-electron chi connectivity index (χ2n) is 7.11. The van der Waals surface area contributed by atoms with Crippen LogP contribution in [0.25, 0.3) is 0 Å². The molecule has 0 fully saturated rings. The van der Waals surface area contributed by atoms with Crippen molar-refractivity contribution in [2.75, 3.05) is 31.5 Å². The fourth-order valence-corrected chi connectivity index (χ4v) is 3.59. The number of hydrogen-bond acceptors (Lipinski definition) is 7. The van der Waals surface area contributed by atoms with E-state index in [0.29, 0.717) is 16.3 Å². The number of hydrogen-bond donors (Lipinski definition) is 2. The molecule has 0 aliphatic carbocycles. The van der Waals surface area contributed by atoms with Gasteiger partial charge in [-0.05, 0) is 48.6 Å². The number of nitrogens with one attached hydrogen (secondary N) is 2. The van der Waals surface area contributed by atoms with Crippen LogP contribution in [0.4, 0.5) is 11.4 Å². The highest BCUT2D eigenvalue weighted by molar-refractivity contribution is 7.12. The molecule has 2 aromatic carbocycles. The summed E-state index contributed by atoms with van der Waals surface area (Å²) in [5.41, 5.74) is 2.93. The van der Waals surface area contributed by atoms with E-state index < -0.39 is 24.4 Å². The van der Waals surface area contributed by atoms with Crippen molar-refractivity contribution in [3.8, 4) is 11.5 Å². The van der Waals surface area contributed by atoms with Gasteiger partial charge in [-0.1, -0.05) is 12.1 Å². The van der Waals surface area contributed by atoms with Crippen LogP contribution in [-0.2, 0) is 9.53 Å². The van der Waals surface area contributed by atoms with Crippen LogP contribution in [-0.4, -0.2) is 38.6 Å². The lowest BCUT2D eigenvalue weighted by molar-refractivity contribution is -0.119. The normalized spacial score (nSPS) is 10.3. The Balaban J connectivity index is 1.76. The van der Waals surface area contributed by atoms with Crippen LogP contribution in [0.2, 0.25) is 0 Å². The highest BCUT2D eigenvalue weighted by Crippen LogP contribution is 2.34. The third-order valence-electron chi connectivity index (χ3n) is 4.86. The van der Waals surface area contributed by atoms with Crippen LogP contribution >= 0.6 is 11.3 Å². The molecule has 172 valence electrons. The van der Waals surface area contributed by atoms with Crippen molar-refractivity contribution in [3.05, 3.63) is 69.4 Å². The number of benzene rings is 2. The molecule has 1 heterocycles. The summed E-state index contributed by atoms with van der Waals surface area (Å²) in [7, 11) is 2.87. The zero-order chi connectivity index (χ0) is 24.0. The smallest absolute Gasteiger partial charge is 0.340 e. The van der Waals surface area contributed by atoms with Crippen LogP contribution < -0.4 is 20.1 Å². The Morgan fingerprint density at radius 2 is 1.64 bits per heavy atom. The molecular formula is C24H24N2O6S. The summed E-state index contributed by atoms with van der Waals surface area (Å²) in [6.07, 6.45) is 0. The lowest BCUT2D eigenvalue weighted by Gasteiger charge is -2.15. The zero-order valence-electron chi connectivity index (χ0n) is 18.7. The summed E-state index contributed by atoms with van der Waals surface area (Å²) in [4.78, 5) is 38.1. The molecule has 0 atom stereocenters. The largest absolute Gasteiger partial charge is 0.493 e. The first kappa shape index (κ1) is 23.8. The van der Waals surface area contributed by atoms with Crippen LogP contribution in [0.15, 0.2) is 47.8 Å². The minimum Gasteiger partial charge on any atom is -0.493 e. The molecule has 8 nitrogen and oxygen atoms in total. The first-order chi connectivity index (χ1) is 15.8. The Morgan fingerprint density at radius 1 is 0.909 bits per heavy atom. The van der Waals surface area contributed by atoms with Crippen LogP contribution in [0.5, 0.6) is 11.5 Å². The van der Waals surface area contributed by atoms with E-state index >= 15 is 0 Å². The summed E-state index contributed by atoms with van der Waals surface area (Å²) < 4.78 is 15.7. The second kappa shape index (κ2) is 10.6. The molecule has 2 N–H and O–H groups in total. The first-order valence-corrected chi connectivity index (χ1v) is 10.9. The Morgan fingerprint density at radius 3 is 2.27 bits per heavy atom. The van der Waals surface area contributed by atoms with Crippen molar-refractivity contribution in [3.63, 3.8) is 0 Å². The van der Waals surface area contributed by atoms with Gasteiger partial charge in [0.1, 0.15) is 0 Å². The number of thiophene rings is 1. The van der Waals surface area contributed by atoms with E-state index in [9.17, 15) is 14.4 Å². The van der Waals surface area contributed by atoms with Crippen molar-refractivity contribution in [1.82, 2.24) is 0 Å². The topological polar surface area (TPSA) is 103 Å². The maximum absolute atomic E-state index is 12.8. The summed E-state index contributed by atoms with van der Waals surface area (Å²) in [6.45, 7) is 3.41. The van der Waals surface area contributed by atoms with Gasteiger partial charge in [-0.15, -0.1) is 11.3 Å². The molecular weight excluding hydrogens is 444 g/mol. The summed E-state index contributed by atoms with van der Waals surface area (Å²) in [6, 6.07) is 11.8. The first-order valence-electron chi connectivity index (χ1n) is 9.97. The highest BCUT2D eigenvalue weighted by atomic mass is 32.1. The average molecular weight is 469 g/mol. The van der Waals surface area contributed by atoms with E-state index in [1.807, 2.05) is 26.0 Å². The second-order valence-corrected chi connectivity index (χ2v) is 8.06. The number of methoxy groups -OCH3 is 2. The summed E-state index contributed by atoms with van der Waals surface area (Å²) in [5.74, 6) is -1.08. The number of ether oxygens (including phenoxy) is 3. The maximum Gasteiger partial charge on any atom is 0.340 e. The number of amides is 2. The van der Waals surface area contributed by atoms with Gasteiger partial charge >= 0.3 is 5.97 Å². The predicted molar refractivity (Wildman–Crippen MR) is 127 cm³/mol. The Labute approximate surface area is 195 Å². The van der Waals surface area contributed by atoms with E-state index in [1.54, 1.807) is 23.6 Å². The van der Waals surface area contributed by atoms with Gasteiger partial charge in [0.15, 0.2) is 18.1 Å². The van der Waals surface area contributed by atoms with E-state index in [2.05, 4.69) is 10.6 Å². The van der Waals surface area contributed by atoms with Gasteiger partial charge in [0.25, 0.3) is 11.8 Å². The molecule has 1 aromatic heterocycles. The quantitative estimate of drug-likeness (QED) is 0.474. The third-order valence-corrected chi connectivity index (χ3v) is 5.73. The van der Waals surface area contributed by atoms with Crippen molar-refractivity contribution in [1.29, 1.82) is 0 Å². The van der Waals surface area contributed by atoms with Crippen molar-refractivity contribution in [2.24, 2.45) is 0 Å². The van der Waals surface area contributed by atoms with Gasteiger partial charge in [-0.25, -0.2) is 4.79 Å². The molecule has 0 saturated carbocycles. The molecule has 0 bridgehead atoms. The number of carbonyl (C=O) groups excluding carboxylic acids is 3. The number of anilines is 2. The Kier molecular flexibility index (Phi) is 7.68. The van der Waals surface area contributed by atoms with E-state index in [-0.39, 0.29) is 17.0 Å². The molecule has 9 heteroatoms. The molecule has 0 unspecified atom stereocenters. The van der Waals surface area contributed by atoms with Crippen molar-refractivity contribution < 1.29 is 28.6 Å².